The van der Waals surface area contributed by atoms with Gasteiger partial charge in [0.25, 0.3) is 0 Å². The third-order valence-electron chi connectivity index (χ3n) is 1.43. The van der Waals surface area contributed by atoms with E-state index in [2.05, 4.69) is 10.1 Å². The molecule has 2 rings (SSSR count). The molecule has 0 radical (unpaired) electrons. The van der Waals surface area contributed by atoms with E-state index in [-0.39, 0.29) is 0 Å². The van der Waals surface area contributed by atoms with Gasteiger partial charge in [-0.1, -0.05) is 0 Å². The largest absolute Gasteiger partial charge is 0.399 e. The van der Waals surface area contributed by atoms with Crippen molar-refractivity contribution in [3.63, 3.8) is 0 Å². The summed E-state index contributed by atoms with van der Waals surface area (Å²) in [7, 11) is 0. The molecule has 0 bridgehead atoms. The minimum absolute atomic E-state index is 0.498. The van der Waals surface area contributed by atoms with Crippen LogP contribution in [-0.2, 0) is 0 Å². The summed E-state index contributed by atoms with van der Waals surface area (Å²) in [6.45, 7) is 0. The molecule has 0 unspecified atom stereocenters. The van der Waals surface area contributed by atoms with Gasteiger partial charge in [-0.3, -0.25) is 0 Å². The van der Waals surface area contributed by atoms with Crippen LogP contribution in [0.3, 0.4) is 0 Å². The Hall–Kier alpha value is -1.78. The summed E-state index contributed by atoms with van der Waals surface area (Å²) in [6, 6.07) is 3.35. The number of pyridine rings is 1. The second-order valence-electron chi connectivity index (χ2n) is 2.24. The molecular weight excluding hydrogens is 142 g/mol. The van der Waals surface area contributed by atoms with Crippen LogP contribution in [0.15, 0.2) is 18.5 Å². The van der Waals surface area contributed by atoms with Gasteiger partial charge < -0.3 is 11.5 Å². The van der Waals surface area contributed by atoms with Crippen molar-refractivity contribution in [3.05, 3.63) is 18.5 Å². The van der Waals surface area contributed by atoms with Crippen molar-refractivity contribution in [1.29, 1.82) is 0 Å². The lowest BCUT2D eigenvalue weighted by atomic mass is 10.4. The summed E-state index contributed by atoms with van der Waals surface area (Å²) in [4.78, 5) is 3.93. The van der Waals surface area contributed by atoms with Crippen molar-refractivity contribution < 1.29 is 0 Å². The third-order valence-corrected chi connectivity index (χ3v) is 1.43. The number of nitrogens with zero attached hydrogens (tertiary/aromatic N) is 3. The minimum Gasteiger partial charge on any atom is -0.399 e. The van der Waals surface area contributed by atoms with E-state index in [1.807, 2.05) is 0 Å². The highest BCUT2D eigenvalue weighted by Crippen LogP contribution is 2.11. The molecule has 4 N–H and O–H groups in total. The molecule has 2 aromatic rings. The summed E-state index contributed by atoms with van der Waals surface area (Å²) in [5.74, 6) is 0.498. The first-order valence-corrected chi connectivity index (χ1v) is 3.12. The maximum absolute atomic E-state index is 5.58. The summed E-state index contributed by atoms with van der Waals surface area (Å²) in [6.07, 6.45) is 1.44. The molecule has 5 heteroatoms. The highest BCUT2D eigenvalue weighted by Gasteiger charge is 1.98. The van der Waals surface area contributed by atoms with Crippen LogP contribution in [0.25, 0.3) is 5.65 Å². The highest BCUT2D eigenvalue weighted by molar-refractivity contribution is 5.58. The fraction of sp³-hybridized carbons (Fsp3) is 0. The second-order valence-corrected chi connectivity index (χ2v) is 2.24. The zero-order valence-electron chi connectivity index (χ0n) is 5.73. The van der Waals surface area contributed by atoms with Gasteiger partial charge in [-0.25, -0.2) is 4.98 Å². The van der Waals surface area contributed by atoms with E-state index in [1.54, 1.807) is 12.1 Å². The van der Waals surface area contributed by atoms with Gasteiger partial charge >= 0.3 is 0 Å². The van der Waals surface area contributed by atoms with Crippen molar-refractivity contribution in [2.75, 3.05) is 11.5 Å². The fourth-order valence-electron chi connectivity index (χ4n) is 0.970. The Bertz CT molecular complexity index is 391. The Morgan fingerprint density at radius 1 is 1.27 bits per heavy atom. The van der Waals surface area contributed by atoms with Crippen molar-refractivity contribution in [1.82, 2.24) is 14.6 Å². The van der Waals surface area contributed by atoms with Crippen LogP contribution in [-0.4, -0.2) is 14.6 Å². The Labute approximate surface area is 62.6 Å². The molecule has 0 saturated heterocycles. The summed E-state index contributed by atoms with van der Waals surface area (Å²) >= 11 is 0. The van der Waals surface area contributed by atoms with E-state index in [9.17, 15) is 0 Å². The van der Waals surface area contributed by atoms with Gasteiger partial charge in [0.05, 0.1) is 0 Å². The van der Waals surface area contributed by atoms with Crippen molar-refractivity contribution in [2.45, 2.75) is 0 Å². The van der Waals surface area contributed by atoms with Crippen molar-refractivity contribution in [2.24, 2.45) is 0 Å². The maximum atomic E-state index is 5.58. The molecule has 0 atom stereocenters. The predicted octanol–water partition coefficient (Wildman–Crippen LogP) is -0.106. The lowest BCUT2D eigenvalue weighted by molar-refractivity contribution is 0.974. The van der Waals surface area contributed by atoms with E-state index in [4.69, 9.17) is 11.5 Å². The fourth-order valence-corrected chi connectivity index (χ4v) is 0.970. The van der Waals surface area contributed by atoms with Crippen LogP contribution >= 0.6 is 0 Å². The standard InChI is InChI=1S/C6H7N5/c7-4-1-5(8)11-6(2-4)9-3-10-11/h1-3H,7-8H2. The molecule has 56 valence electrons. The number of anilines is 2. The van der Waals surface area contributed by atoms with Crippen LogP contribution in [0.5, 0.6) is 0 Å². The number of rotatable bonds is 0. The lowest BCUT2D eigenvalue weighted by Gasteiger charge is -1.98. The molecule has 0 amide bonds. The smallest absolute Gasteiger partial charge is 0.159 e. The van der Waals surface area contributed by atoms with Gasteiger partial charge in [0.15, 0.2) is 5.65 Å². The molecule has 0 saturated carbocycles. The zero-order chi connectivity index (χ0) is 7.84. The number of fused-ring (bicyclic) bond motifs is 1. The Balaban J connectivity index is 2.91. The highest BCUT2D eigenvalue weighted by atomic mass is 15.3. The van der Waals surface area contributed by atoms with Crippen LogP contribution in [0.2, 0.25) is 0 Å². The number of aromatic nitrogens is 3. The van der Waals surface area contributed by atoms with Gasteiger partial charge in [0, 0.05) is 17.8 Å². The van der Waals surface area contributed by atoms with Crippen LogP contribution < -0.4 is 11.5 Å². The average Bonchev–Trinajstić information content (AvgIpc) is 2.34. The molecule has 2 heterocycles. The topological polar surface area (TPSA) is 82.2 Å². The summed E-state index contributed by atoms with van der Waals surface area (Å²) in [5, 5.41) is 3.88. The molecule has 11 heavy (non-hydrogen) atoms. The van der Waals surface area contributed by atoms with E-state index >= 15 is 0 Å². The van der Waals surface area contributed by atoms with Crippen LogP contribution in [0, 0.1) is 0 Å². The first kappa shape index (κ1) is 5.96. The molecule has 0 fully saturated rings. The lowest BCUT2D eigenvalue weighted by Crippen LogP contribution is -1.99. The first-order chi connectivity index (χ1) is 5.27. The molecule has 0 aromatic carbocycles. The molecule has 0 spiro atoms. The van der Waals surface area contributed by atoms with Crippen LogP contribution in [0.4, 0.5) is 11.5 Å². The molecular formula is C6H7N5. The number of nitrogen functional groups attached to an aromatic ring is 2. The number of hydrogen-bond acceptors (Lipinski definition) is 4. The summed E-state index contributed by atoms with van der Waals surface area (Å²) < 4.78 is 1.52. The Morgan fingerprint density at radius 2 is 2.09 bits per heavy atom. The van der Waals surface area contributed by atoms with E-state index in [0.29, 0.717) is 17.2 Å². The number of hydrogen-bond donors (Lipinski definition) is 2. The van der Waals surface area contributed by atoms with Gasteiger partial charge in [0.2, 0.25) is 0 Å². The normalized spacial score (nSPS) is 10.5. The van der Waals surface area contributed by atoms with Crippen molar-refractivity contribution in [3.8, 4) is 0 Å². The van der Waals surface area contributed by atoms with E-state index in [0.717, 1.165) is 0 Å². The third kappa shape index (κ3) is 0.778. The van der Waals surface area contributed by atoms with Gasteiger partial charge in [0.1, 0.15) is 12.1 Å². The molecule has 0 aliphatic heterocycles. The Kier molecular flexibility index (Phi) is 1.00. The van der Waals surface area contributed by atoms with Crippen molar-refractivity contribution >= 4 is 17.2 Å². The Morgan fingerprint density at radius 3 is 2.91 bits per heavy atom. The van der Waals surface area contributed by atoms with Crippen LogP contribution in [0.1, 0.15) is 0 Å². The maximum Gasteiger partial charge on any atom is 0.159 e. The SMILES string of the molecule is Nc1cc(N)n2ncnc2c1. The number of nitrogens with two attached hydrogens (primary N) is 2. The average molecular weight is 149 g/mol. The van der Waals surface area contributed by atoms with E-state index < -0.39 is 0 Å². The molecule has 2 aromatic heterocycles. The second kappa shape index (κ2) is 1.85. The monoisotopic (exact) mass is 149 g/mol. The minimum atomic E-state index is 0.498. The zero-order valence-corrected chi connectivity index (χ0v) is 5.73. The predicted molar refractivity (Wildman–Crippen MR) is 41.8 cm³/mol. The van der Waals surface area contributed by atoms with E-state index in [1.165, 1.54) is 10.8 Å². The molecule has 0 aliphatic rings. The molecule has 0 aliphatic carbocycles. The summed E-state index contributed by atoms with van der Waals surface area (Å²) in [5.41, 5.74) is 12.4. The van der Waals surface area contributed by atoms with Gasteiger partial charge in [-0.05, 0) is 0 Å². The van der Waals surface area contributed by atoms with Gasteiger partial charge in [-0.15, -0.1) is 0 Å². The molecule has 5 nitrogen and oxygen atoms in total. The first-order valence-electron chi connectivity index (χ1n) is 3.12. The van der Waals surface area contributed by atoms with Gasteiger partial charge in [-0.2, -0.15) is 9.61 Å². The quantitative estimate of drug-likeness (QED) is 0.547.